The molecule has 2 saturated carbocycles. The number of fused-ring (bicyclic) bond motifs is 5. The molecule has 0 spiro atoms. The van der Waals surface area contributed by atoms with Crippen molar-refractivity contribution in [1.82, 2.24) is 0 Å². The Morgan fingerprint density at radius 1 is 0.976 bits per heavy atom. The molecule has 9 nitrogen and oxygen atoms in total. The van der Waals surface area contributed by atoms with Crippen molar-refractivity contribution in [2.24, 2.45) is 28.6 Å². The summed E-state index contributed by atoms with van der Waals surface area (Å²) in [5.74, 6) is -3.12. The van der Waals surface area contributed by atoms with Crippen molar-refractivity contribution in [1.29, 1.82) is 0 Å². The van der Waals surface area contributed by atoms with E-state index in [9.17, 15) is 24.6 Å². The highest BCUT2D eigenvalue weighted by Gasteiger charge is 2.77. The van der Waals surface area contributed by atoms with Crippen molar-refractivity contribution < 1.29 is 43.5 Å². The smallest absolute Gasteiger partial charge is 0.338 e. The molecule has 1 saturated heterocycles. The van der Waals surface area contributed by atoms with Crippen LogP contribution in [0.1, 0.15) is 78.6 Å². The van der Waals surface area contributed by atoms with Crippen molar-refractivity contribution in [3.8, 4) is 0 Å². The third-order valence-corrected chi connectivity index (χ3v) is 11.2. The third-order valence-electron chi connectivity index (χ3n) is 11.2. The van der Waals surface area contributed by atoms with E-state index in [1.165, 1.54) is 13.8 Å². The summed E-state index contributed by atoms with van der Waals surface area (Å²) in [4.78, 5) is 39.3. The van der Waals surface area contributed by atoms with Crippen LogP contribution in [-0.2, 0) is 28.5 Å². The molecule has 5 rings (SSSR count). The molecule has 3 fully saturated rings. The SMILES string of the molecule is CC(=O)OC1C(C)C2=C(C)C(O)CC(O)(C(OC(=O)c3ccccc3)C3C4(OC(C)=O)COC4CC(C)C13C)C2(C)C. The highest BCUT2D eigenvalue weighted by Crippen LogP contribution is 2.67. The maximum Gasteiger partial charge on any atom is 0.338 e. The zero-order chi connectivity index (χ0) is 31.0. The van der Waals surface area contributed by atoms with E-state index < -0.39 is 76.2 Å². The molecule has 9 heteroatoms. The minimum absolute atomic E-state index is 0.0333. The van der Waals surface area contributed by atoms with Gasteiger partial charge in [0.2, 0.25) is 0 Å². The third kappa shape index (κ3) is 4.18. The van der Waals surface area contributed by atoms with Crippen LogP contribution < -0.4 is 0 Å². The molecule has 230 valence electrons. The van der Waals surface area contributed by atoms with E-state index >= 15 is 0 Å². The van der Waals surface area contributed by atoms with Gasteiger partial charge in [0.15, 0.2) is 5.60 Å². The Bertz CT molecular complexity index is 1300. The summed E-state index contributed by atoms with van der Waals surface area (Å²) < 4.78 is 24.9. The van der Waals surface area contributed by atoms with Crippen molar-refractivity contribution in [2.45, 2.75) is 104 Å². The highest BCUT2D eigenvalue weighted by atomic mass is 16.6. The van der Waals surface area contributed by atoms with Gasteiger partial charge in [-0.1, -0.05) is 58.4 Å². The maximum absolute atomic E-state index is 13.9. The molecule has 1 aliphatic heterocycles. The molecule has 0 aromatic heterocycles. The van der Waals surface area contributed by atoms with Gasteiger partial charge in [-0.05, 0) is 37.0 Å². The Morgan fingerprint density at radius 2 is 1.62 bits per heavy atom. The Hall–Kier alpha value is -2.75. The first kappa shape index (κ1) is 30.7. The van der Waals surface area contributed by atoms with E-state index in [1.807, 2.05) is 41.5 Å². The second-order valence-electron chi connectivity index (χ2n) is 13.7. The zero-order valence-electron chi connectivity index (χ0n) is 25.8. The standard InChI is InChI=1S/C33H44O9/c1-17-14-24-32(16-39-24,42-21(5)35)26-28(41-29(37)22-12-10-9-11-13-22)33(38)15-23(36)18(2)25(30(33,6)7)19(3)27(31(17,26)8)40-20(4)34/h9-13,17,19,23-24,26-28,36,38H,14-16H2,1-8H3. The first-order chi connectivity index (χ1) is 19.5. The number of rotatable bonds is 4. The van der Waals surface area contributed by atoms with Crippen LogP contribution in [0.2, 0.25) is 0 Å². The molecule has 42 heavy (non-hydrogen) atoms. The summed E-state index contributed by atoms with van der Waals surface area (Å²) >= 11 is 0. The van der Waals surface area contributed by atoms with E-state index in [2.05, 4.69) is 0 Å². The number of hydrogen-bond acceptors (Lipinski definition) is 9. The summed E-state index contributed by atoms with van der Waals surface area (Å²) in [7, 11) is 0. The fourth-order valence-corrected chi connectivity index (χ4v) is 9.10. The van der Waals surface area contributed by atoms with Crippen molar-refractivity contribution in [2.75, 3.05) is 6.61 Å². The predicted molar refractivity (Wildman–Crippen MR) is 152 cm³/mol. The topological polar surface area (TPSA) is 129 Å². The average molecular weight is 585 g/mol. The van der Waals surface area contributed by atoms with Crippen LogP contribution in [0.15, 0.2) is 41.5 Å². The van der Waals surface area contributed by atoms with Gasteiger partial charge in [-0.25, -0.2) is 4.79 Å². The molecule has 2 bridgehead atoms. The van der Waals surface area contributed by atoms with Crippen molar-refractivity contribution in [3.05, 3.63) is 47.0 Å². The first-order valence-electron chi connectivity index (χ1n) is 14.9. The van der Waals surface area contributed by atoms with Crippen LogP contribution >= 0.6 is 0 Å². The quantitative estimate of drug-likeness (QED) is 0.307. The van der Waals surface area contributed by atoms with E-state index in [4.69, 9.17) is 18.9 Å². The number of aliphatic hydroxyl groups excluding tert-OH is 1. The molecule has 10 atom stereocenters. The summed E-state index contributed by atoms with van der Waals surface area (Å²) in [6.07, 6.45) is -3.19. The molecular weight excluding hydrogens is 540 g/mol. The van der Waals surface area contributed by atoms with Crippen LogP contribution in [0.3, 0.4) is 0 Å². The van der Waals surface area contributed by atoms with Gasteiger partial charge in [-0.3, -0.25) is 9.59 Å². The molecule has 3 aliphatic carbocycles. The summed E-state index contributed by atoms with van der Waals surface area (Å²) in [5.41, 5.74) is -3.31. The van der Waals surface area contributed by atoms with E-state index in [0.29, 0.717) is 17.6 Å². The normalized spacial score (nSPS) is 42.1. The van der Waals surface area contributed by atoms with E-state index in [-0.39, 0.29) is 18.9 Å². The van der Waals surface area contributed by atoms with Gasteiger partial charge in [-0.2, -0.15) is 0 Å². The second kappa shape index (κ2) is 10.2. The fraction of sp³-hybridized carbons (Fsp3) is 0.667. The average Bonchev–Trinajstić information content (AvgIpc) is 2.90. The molecule has 1 heterocycles. The number of ether oxygens (including phenoxy) is 4. The first-order valence-corrected chi connectivity index (χ1v) is 14.9. The van der Waals surface area contributed by atoms with E-state index in [0.717, 1.165) is 5.57 Å². The number of benzene rings is 1. The zero-order valence-corrected chi connectivity index (χ0v) is 25.8. The van der Waals surface area contributed by atoms with Gasteiger partial charge in [0.1, 0.15) is 23.9 Å². The van der Waals surface area contributed by atoms with Crippen LogP contribution in [0, 0.1) is 28.6 Å². The minimum Gasteiger partial charge on any atom is -0.461 e. The number of aliphatic hydroxyl groups is 2. The lowest BCUT2D eigenvalue weighted by molar-refractivity contribution is -0.357. The second-order valence-corrected chi connectivity index (χ2v) is 13.7. The Balaban J connectivity index is 1.85. The Morgan fingerprint density at radius 3 is 2.17 bits per heavy atom. The van der Waals surface area contributed by atoms with Crippen LogP contribution in [-0.4, -0.2) is 70.3 Å². The number of carbonyl (C=O) groups is 3. The molecule has 1 aromatic rings. The summed E-state index contributed by atoms with van der Waals surface area (Å²) in [5, 5.41) is 24.5. The van der Waals surface area contributed by atoms with E-state index in [1.54, 1.807) is 30.3 Å². The molecule has 2 N–H and O–H groups in total. The number of hydrogen-bond donors (Lipinski definition) is 2. The Kier molecular flexibility index (Phi) is 7.43. The highest BCUT2D eigenvalue weighted by molar-refractivity contribution is 5.89. The van der Waals surface area contributed by atoms with Gasteiger partial charge in [0, 0.05) is 37.0 Å². The van der Waals surface area contributed by atoms with Gasteiger partial charge in [0.05, 0.1) is 24.2 Å². The lowest BCUT2D eigenvalue weighted by atomic mass is 9.42. The molecule has 0 radical (unpaired) electrons. The molecule has 1 aromatic carbocycles. The maximum atomic E-state index is 13.9. The van der Waals surface area contributed by atoms with Crippen LogP contribution in [0.4, 0.5) is 0 Å². The Labute approximate surface area is 247 Å². The summed E-state index contributed by atoms with van der Waals surface area (Å²) in [6, 6.07) is 8.51. The molecule has 0 amide bonds. The molecule has 10 unspecified atom stereocenters. The largest absolute Gasteiger partial charge is 0.461 e. The molecular formula is C33H44O9. The summed E-state index contributed by atoms with van der Waals surface area (Å²) in [6.45, 7) is 14.3. The fourth-order valence-electron chi connectivity index (χ4n) is 9.10. The number of esters is 3. The van der Waals surface area contributed by atoms with Crippen molar-refractivity contribution in [3.63, 3.8) is 0 Å². The lowest BCUT2D eigenvalue weighted by Crippen LogP contribution is -2.81. The minimum atomic E-state index is -1.79. The lowest BCUT2D eigenvalue weighted by Gasteiger charge is -2.70. The van der Waals surface area contributed by atoms with Crippen LogP contribution in [0.25, 0.3) is 0 Å². The number of carbonyl (C=O) groups excluding carboxylic acids is 3. The van der Waals surface area contributed by atoms with Crippen LogP contribution in [0.5, 0.6) is 0 Å². The van der Waals surface area contributed by atoms with Gasteiger partial charge < -0.3 is 29.2 Å². The molecule has 4 aliphatic rings. The van der Waals surface area contributed by atoms with Gasteiger partial charge in [0.25, 0.3) is 0 Å². The van der Waals surface area contributed by atoms with Gasteiger partial charge >= 0.3 is 17.9 Å². The van der Waals surface area contributed by atoms with Gasteiger partial charge in [-0.15, -0.1) is 0 Å². The van der Waals surface area contributed by atoms with Crippen molar-refractivity contribution >= 4 is 17.9 Å². The predicted octanol–water partition coefficient (Wildman–Crippen LogP) is 3.99. The monoisotopic (exact) mass is 584 g/mol.